The second kappa shape index (κ2) is 8.35. The van der Waals surface area contributed by atoms with Gasteiger partial charge in [0.05, 0.1) is 12.1 Å². The van der Waals surface area contributed by atoms with E-state index in [2.05, 4.69) is 16.0 Å². The molecule has 3 amide bonds. The van der Waals surface area contributed by atoms with Crippen LogP contribution in [0.15, 0.2) is 48.5 Å². The van der Waals surface area contributed by atoms with Gasteiger partial charge in [-0.05, 0) is 42.5 Å². The van der Waals surface area contributed by atoms with Gasteiger partial charge in [-0.25, -0.2) is 0 Å². The summed E-state index contributed by atoms with van der Waals surface area (Å²) in [5.41, 5.74) is 0.0448. The SMILES string of the molecule is CC(=O)Nc1cccc(NC(=O)CNC(=O)c2ccc(C(F)(F)F)cc2)c1. The summed E-state index contributed by atoms with van der Waals surface area (Å²) in [7, 11) is 0. The van der Waals surface area contributed by atoms with Crippen molar-refractivity contribution in [3.05, 3.63) is 59.7 Å². The van der Waals surface area contributed by atoms with Crippen LogP contribution in [0.25, 0.3) is 0 Å². The minimum Gasteiger partial charge on any atom is -0.343 e. The van der Waals surface area contributed by atoms with Crippen LogP contribution in [0.5, 0.6) is 0 Å². The summed E-state index contributed by atoms with van der Waals surface area (Å²) >= 11 is 0. The minimum atomic E-state index is -4.49. The number of carbonyl (C=O) groups excluding carboxylic acids is 3. The number of hydrogen-bond donors (Lipinski definition) is 3. The van der Waals surface area contributed by atoms with E-state index in [0.717, 1.165) is 24.3 Å². The first-order valence-corrected chi connectivity index (χ1v) is 7.78. The molecule has 0 aliphatic rings. The first-order chi connectivity index (χ1) is 12.6. The molecule has 0 radical (unpaired) electrons. The van der Waals surface area contributed by atoms with Crippen molar-refractivity contribution in [2.75, 3.05) is 17.2 Å². The van der Waals surface area contributed by atoms with Crippen molar-refractivity contribution in [3.8, 4) is 0 Å². The third kappa shape index (κ3) is 6.14. The Morgan fingerprint density at radius 1 is 0.926 bits per heavy atom. The fraction of sp³-hybridized carbons (Fsp3) is 0.167. The van der Waals surface area contributed by atoms with Crippen LogP contribution in [0.4, 0.5) is 24.5 Å². The maximum Gasteiger partial charge on any atom is 0.416 e. The smallest absolute Gasteiger partial charge is 0.343 e. The predicted octanol–water partition coefficient (Wildman–Crippen LogP) is 3.03. The number of alkyl halides is 3. The Morgan fingerprint density at radius 2 is 1.52 bits per heavy atom. The van der Waals surface area contributed by atoms with E-state index in [1.54, 1.807) is 18.2 Å². The molecule has 0 saturated heterocycles. The third-order valence-electron chi connectivity index (χ3n) is 3.35. The van der Waals surface area contributed by atoms with E-state index < -0.39 is 23.6 Å². The van der Waals surface area contributed by atoms with Gasteiger partial charge in [0.1, 0.15) is 0 Å². The van der Waals surface area contributed by atoms with Gasteiger partial charge in [-0.15, -0.1) is 0 Å². The number of nitrogens with one attached hydrogen (secondary N) is 3. The second-order valence-corrected chi connectivity index (χ2v) is 5.57. The third-order valence-corrected chi connectivity index (χ3v) is 3.35. The number of amides is 3. The predicted molar refractivity (Wildman–Crippen MR) is 93.2 cm³/mol. The van der Waals surface area contributed by atoms with Gasteiger partial charge in [0.25, 0.3) is 5.91 Å². The molecule has 2 rings (SSSR count). The summed E-state index contributed by atoms with van der Waals surface area (Å²) in [5, 5.41) is 7.42. The van der Waals surface area contributed by atoms with E-state index in [0.29, 0.717) is 11.4 Å². The Morgan fingerprint density at radius 3 is 2.07 bits per heavy atom. The Kier molecular flexibility index (Phi) is 6.17. The van der Waals surface area contributed by atoms with Crippen LogP contribution in [-0.4, -0.2) is 24.3 Å². The highest BCUT2D eigenvalue weighted by Gasteiger charge is 2.30. The molecule has 3 N–H and O–H groups in total. The van der Waals surface area contributed by atoms with E-state index in [1.165, 1.54) is 13.0 Å². The van der Waals surface area contributed by atoms with E-state index in [9.17, 15) is 27.6 Å². The highest BCUT2D eigenvalue weighted by Crippen LogP contribution is 2.29. The zero-order valence-corrected chi connectivity index (χ0v) is 14.2. The van der Waals surface area contributed by atoms with E-state index in [1.807, 2.05) is 0 Å². The standard InChI is InChI=1S/C18H16F3N3O3/c1-11(25)23-14-3-2-4-15(9-14)24-16(26)10-22-17(27)12-5-7-13(8-6-12)18(19,20)21/h2-9H,10H2,1H3,(H,22,27)(H,23,25)(H,24,26). The monoisotopic (exact) mass is 379 g/mol. The van der Waals surface area contributed by atoms with Gasteiger partial charge in [-0.3, -0.25) is 14.4 Å². The highest BCUT2D eigenvalue weighted by atomic mass is 19.4. The van der Waals surface area contributed by atoms with Crippen molar-refractivity contribution in [1.29, 1.82) is 0 Å². The van der Waals surface area contributed by atoms with Crippen molar-refractivity contribution < 1.29 is 27.6 Å². The molecule has 0 spiro atoms. The number of anilines is 2. The number of hydrogen-bond acceptors (Lipinski definition) is 3. The number of halogens is 3. The Labute approximate surface area is 152 Å². The lowest BCUT2D eigenvalue weighted by molar-refractivity contribution is -0.137. The van der Waals surface area contributed by atoms with Crippen molar-refractivity contribution in [2.45, 2.75) is 13.1 Å². The second-order valence-electron chi connectivity index (χ2n) is 5.57. The Balaban J connectivity index is 1.90. The molecular formula is C18H16F3N3O3. The molecule has 0 heterocycles. The molecule has 0 saturated carbocycles. The van der Waals surface area contributed by atoms with Crippen LogP contribution in [0.3, 0.4) is 0 Å². The fourth-order valence-corrected chi connectivity index (χ4v) is 2.16. The molecule has 0 fully saturated rings. The van der Waals surface area contributed by atoms with Crippen molar-refractivity contribution in [1.82, 2.24) is 5.32 Å². The summed E-state index contributed by atoms with van der Waals surface area (Å²) in [4.78, 5) is 34.8. The molecule has 0 atom stereocenters. The van der Waals surface area contributed by atoms with Crippen LogP contribution in [0, 0.1) is 0 Å². The average molecular weight is 379 g/mol. The molecule has 142 valence electrons. The molecule has 0 bridgehead atoms. The molecule has 27 heavy (non-hydrogen) atoms. The number of rotatable bonds is 5. The summed E-state index contributed by atoms with van der Waals surface area (Å²) in [6.45, 7) is 0.978. The molecule has 9 heteroatoms. The van der Waals surface area contributed by atoms with Gasteiger partial charge in [0, 0.05) is 23.9 Å². The first-order valence-electron chi connectivity index (χ1n) is 7.78. The van der Waals surface area contributed by atoms with E-state index in [4.69, 9.17) is 0 Å². The van der Waals surface area contributed by atoms with Crippen LogP contribution >= 0.6 is 0 Å². The lowest BCUT2D eigenvalue weighted by atomic mass is 10.1. The first kappa shape index (κ1) is 20.0. The molecule has 2 aromatic rings. The summed E-state index contributed by atoms with van der Waals surface area (Å²) in [6, 6.07) is 10.1. The van der Waals surface area contributed by atoms with Gasteiger partial charge >= 0.3 is 6.18 Å². The van der Waals surface area contributed by atoms with Gasteiger partial charge in [0.2, 0.25) is 11.8 Å². The largest absolute Gasteiger partial charge is 0.416 e. The fourth-order valence-electron chi connectivity index (χ4n) is 2.16. The molecular weight excluding hydrogens is 363 g/mol. The maximum atomic E-state index is 12.5. The van der Waals surface area contributed by atoms with Crippen molar-refractivity contribution >= 4 is 29.1 Å². The van der Waals surface area contributed by atoms with Crippen molar-refractivity contribution in [3.63, 3.8) is 0 Å². The molecule has 0 aliphatic carbocycles. The van der Waals surface area contributed by atoms with Gasteiger partial charge < -0.3 is 16.0 Å². The van der Waals surface area contributed by atoms with Gasteiger partial charge in [0.15, 0.2) is 0 Å². The van der Waals surface area contributed by atoms with Crippen LogP contribution in [-0.2, 0) is 15.8 Å². The average Bonchev–Trinajstić information content (AvgIpc) is 2.59. The number of carbonyl (C=O) groups is 3. The lowest BCUT2D eigenvalue weighted by Gasteiger charge is -2.10. The highest BCUT2D eigenvalue weighted by molar-refractivity contribution is 5.99. The van der Waals surface area contributed by atoms with Crippen LogP contribution in [0.2, 0.25) is 0 Å². The molecule has 6 nitrogen and oxygen atoms in total. The normalized spacial score (nSPS) is 10.8. The Bertz CT molecular complexity index is 849. The van der Waals surface area contributed by atoms with Crippen molar-refractivity contribution in [2.24, 2.45) is 0 Å². The van der Waals surface area contributed by atoms with Gasteiger partial charge in [-0.2, -0.15) is 13.2 Å². The molecule has 0 unspecified atom stereocenters. The van der Waals surface area contributed by atoms with Crippen LogP contribution in [0.1, 0.15) is 22.8 Å². The summed E-state index contributed by atoms with van der Waals surface area (Å²) in [6.07, 6.45) is -4.49. The zero-order valence-electron chi connectivity index (χ0n) is 14.2. The lowest BCUT2D eigenvalue weighted by Crippen LogP contribution is -2.32. The quantitative estimate of drug-likeness (QED) is 0.746. The van der Waals surface area contributed by atoms with E-state index >= 15 is 0 Å². The minimum absolute atomic E-state index is 0.00320. The molecule has 2 aromatic carbocycles. The summed E-state index contributed by atoms with van der Waals surface area (Å²) in [5.74, 6) is -1.47. The topological polar surface area (TPSA) is 87.3 Å². The summed E-state index contributed by atoms with van der Waals surface area (Å²) < 4.78 is 37.5. The van der Waals surface area contributed by atoms with E-state index in [-0.39, 0.29) is 18.0 Å². The molecule has 0 aromatic heterocycles. The molecule has 0 aliphatic heterocycles. The number of benzene rings is 2. The van der Waals surface area contributed by atoms with Crippen LogP contribution < -0.4 is 16.0 Å². The Hall–Kier alpha value is -3.36. The zero-order chi connectivity index (χ0) is 20.0. The maximum absolute atomic E-state index is 12.5. The van der Waals surface area contributed by atoms with Gasteiger partial charge in [-0.1, -0.05) is 6.07 Å².